The Hall–Kier alpha value is -3.21. The molecule has 0 aliphatic carbocycles. The van der Waals surface area contributed by atoms with Crippen molar-refractivity contribution in [2.24, 2.45) is 5.16 Å². The summed E-state index contributed by atoms with van der Waals surface area (Å²) in [4.78, 5) is 0. The summed E-state index contributed by atoms with van der Waals surface area (Å²) < 4.78 is 12.4. The first-order valence-corrected chi connectivity index (χ1v) is 9.52. The average molecular weight is 387 g/mol. The third kappa shape index (κ3) is 4.80. The van der Waals surface area contributed by atoms with Crippen LogP contribution in [0.25, 0.3) is 0 Å². The summed E-state index contributed by atoms with van der Waals surface area (Å²) in [6.07, 6.45) is 2.62. The van der Waals surface area contributed by atoms with Crippen LogP contribution >= 0.6 is 0 Å². The van der Waals surface area contributed by atoms with Gasteiger partial charge < -0.3 is 14.7 Å². The smallest absolute Gasteiger partial charge is 0.143 e. The fraction of sp³-hybridized carbons (Fsp3) is 0.160. The molecular formula is C25H25NO3. The molecule has 0 saturated heterocycles. The first-order valence-electron chi connectivity index (χ1n) is 9.52. The number of ether oxygens (including phenoxy) is 2. The van der Waals surface area contributed by atoms with Crippen molar-refractivity contribution in [3.05, 3.63) is 120 Å². The molecule has 0 aliphatic heterocycles. The molecule has 3 aromatic carbocycles. The third-order valence-electron chi connectivity index (χ3n) is 4.73. The van der Waals surface area contributed by atoms with E-state index >= 15 is 0 Å². The van der Waals surface area contributed by atoms with Gasteiger partial charge in [0, 0.05) is 0 Å². The van der Waals surface area contributed by atoms with Gasteiger partial charge >= 0.3 is 0 Å². The maximum atomic E-state index is 8.59. The summed E-state index contributed by atoms with van der Waals surface area (Å²) in [6.45, 7) is 4.30. The van der Waals surface area contributed by atoms with Crippen molar-refractivity contribution >= 4 is 6.21 Å². The molecule has 29 heavy (non-hydrogen) atoms. The van der Waals surface area contributed by atoms with Crippen molar-refractivity contribution in [1.29, 1.82) is 0 Å². The SMILES string of the molecule is C=CC(COC(c1ccccc1)(c1ccccc1)c1ccccc1)OC/C=N/O. The lowest BCUT2D eigenvalue weighted by atomic mass is 9.80. The van der Waals surface area contributed by atoms with E-state index < -0.39 is 5.60 Å². The van der Waals surface area contributed by atoms with Gasteiger partial charge in [-0.25, -0.2) is 0 Å². The van der Waals surface area contributed by atoms with Gasteiger partial charge in [0.2, 0.25) is 0 Å². The van der Waals surface area contributed by atoms with Gasteiger partial charge in [-0.05, 0) is 16.7 Å². The minimum atomic E-state index is -0.806. The number of hydrogen-bond donors (Lipinski definition) is 1. The molecule has 0 fully saturated rings. The van der Waals surface area contributed by atoms with E-state index in [1.807, 2.05) is 54.6 Å². The van der Waals surface area contributed by atoms with Gasteiger partial charge in [-0.3, -0.25) is 0 Å². The monoisotopic (exact) mass is 387 g/mol. The Morgan fingerprint density at radius 1 is 0.828 bits per heavy atom. The lowest BCUT2D eigenvalue weighted by molar-refractivity contribution is -0.0409. The third-order valence-corrected chi connectivity index (χ3v) is 4.73. The number of hydrogen-bond acceptors (Lipinski definition) is 4. The van der Waals surface area contributed by atoms with Crippen molar-refractivity contribution in [2.45, 2.75) is 11.7 Å². The van der Waals surface area contributed by atoms with Crippen LogP contribution in [0, 0.1) is 0 Å². The zero-order chi connectivity index (χ0) is 20.4. The minimum Gasteiger partial charge on any atom is -0.411 e. The first kappa shape index (κ1) is 20.5. The summed E-state index contributed by atoms with van der Waals surface area (Å²) in [6, 6.07) is 30.5. The van der Waals surface area contributed by atoms with Crippen LogP contribution in [0.4, 0.5) is 0 Å². The molecule has 0 saturated carbocycles. The van der Waals surface area contributed by atoms with Crippen LogP contribution in [0.3, 0.4) is 0 Å². The maximum Gasteiger partial charge on any atom is 0.143 e. The average Bonchev–Trinajstić information content (AvgIpc) is 2.80. The molecule has 0 aliphatic rings. The Morgan fingerprint density at radius 2 is 1.28 bits per heavy atom. The number of benzene rings is 3. The topological polar surface area (TPSA) is 51.0 Å². The lowest BCUT2D eigenvalue weighted by Crippen LogP contribution is -2.36. The van der Waals surface area contributed by atoms with Gasteiger partial charge in [0.1, 0.15) is 5.60 Å². The van der Waals surface area contributed by atoms with Gasteiger partial charge in [0.15, 0.2) is 0 Å². The summed E-state index contributed by atoms with van der Waals surface area (Å²) >= 11 is 0. The van der Waals surface area contributed by atoms with E-state index in [9.17, 15) is 0 Å². The first-order chi connectivity index (χ1) is 14.3. The predicted molar refractivity (Wildman–Crippen MR) is 115 cm³/mol. The van der Waals surface area contributed by atoms with E-state index in [4.69, 9.17) is 14.7 Å². The molecule has 1 N–H and O–H groups in total. The Bertz CT molecular complexity index is 798. The van der Waals surface area contributed by atoms with Crippen LogP contribution in [-0.4, -0.2) is 30.7 Å². The van der Waals surface area contributed by atoms with Crippen molar-refractivity contribution in [2.75, 3.05) is 13.2 Å². The van der Waals surface area contributed by atoms with Gasteiger partial charge in [-0.2, -0.15) is 0 Å². The number of nitrogens with zero attached hydrogens (tertiary/aromatic N) is 1. The Morgan fingerprint density at radius 3 is 1.66 bits per heavy atom. The van der Waals surface area contributed by atoms with Crippen LogP contribution < -0.4 is 0 Å². The minimum absolute atomic E-state index is 0.172. The van der Waals surface area contributed by atoms with E-state index in [1.165, 1.54) is 6.21 Å². The van der Waals surface area contributed by atoms with Gasteiger partial charge in [-0.15, -0.1) is 6.58 Å². The molecule has 4 heteroatoms. The normalized spacial score (nSPS) is 12.7. The fourth-order valence-corrected chi connectivity index (χ4v) is 3.36. The number of rotatable bonds is 10. The van der Waals surface area contributed by atoms with Crippen LogP contribution in [0.15, 0.2) is 109 Å². The molecular weight excluding hydrogens is 362 g/mol. The highest BCUT2D eigenvalue weighted by Gasteiger charge is 2.37. The largest absolute Gasteiger partial charge is 0.411 e. The molecule has 0 radical (unpaired) electrons. The molecule has 148 valence electrons. The quantitative estimate of drug-likeness (QED) is 0.175. The molecule has 4 nitrogen and oxygen atoms in total. The molecule has 0 amide bonds. The Kier molecular flexibility index (Phi) is 7.34. The summed E-state index contributed by atoms with van der Waals surface area (Å²) in [5, 5.41) is 11.6. The number of oxime groups is 1. The molecule has 0 bridgehead atoms. The summed E-state index contributed by atoms with van der Waals surface area (Å²) in [5.41, 5.74) is 2.27. The summed E-state index contributed by atoms with van der Waals surface area (Å²) in [7, 11) is 0. The van der Waals surface area contributed by atoms with Crippen LogP contribution in [-0.2, 0) is 15.1 Å². The van der Waals surface area contributed by atoms with Crippen molar-refractivity contribution < 1.29 is 14.7 Å². The second-order valence-electron chi connectivity index (χ2n) is 6.50. The second kappa shape index (κ2) is 10.4. The van der Waals surface area contributed by atoms with Gasteiger partial charge in [0.05, 0.1) is 25.5 Å². The summed E-state index contributed by atoms with van der Waals surface area (Å²) in [5.74, 6) is 0. The van der Waals surface area contributed by atoms with Gasteiger partial charge in [0.25, 0.3) is 0 Å². The Labute approximate surface area is 171 Å². The van der Waals surface area contributed by atoms with Crippen LogP contribution in [0.2, 0.25) is 0 Å². The fourth-order valence-electron chi connectivity index (χ4n) is 3.36. The van der Waals surface area contributed by atoms with Gasteiger partial charge in [-0.1, -0.05) is 102 Å². The Balaban J connectivity index is 2.06. The van der Waals surface area contributed by atoms with Crippen molar-refractivity contribution in [1.82, 2.24) is 0 Å². The maximum absolute atomic E-state index is 8.59. The van der Waals surface area contributed by atoms with E-state index in [-0.39, 0.29) is 19.3 Å². The van der Waals surface area contributed by atoms with E-state index in [1.54, 1.807) is 6.08 Å². The van der Waals surface area contributed by atoms with Crippen molar-refractivity contribution in [3.63, 3.8) is 0 Å². The molecule has 1 atom stereocenters. The highest BCUT2D eigenvalue weighted by molar-refractivity contribution is 5.57. The zero-order valence-corrected chi connectivity index (χ0v) is 16.2. The van der Waals surface area contributed by atoms with Crippen molar-refractivity contribution in [3.8, 4) is 0 Å². The van der Waals surface area contributed by atoms with E-state index in [0.717, 1.165) is 16.7 Å². The molecule has 1 unspecified atom stereocenters. The van der Waals surface area contributed by atoms with Crippen LogP contribution in [0.5, 0.6) is 0 Å². The molecule has 3 aromatic rings. The molecule has 0 heterocycles. The zero-order valence-electron chi connectivity index (χ0n) is 16.2. The molecule has 3 rings (SSSR count). The van der Waals surface area contributed by atoms with Crippen LogP contribution in [0.1, 0.15) is 16.7 Å². The highest BCUT2D eigenvalue weighted by atomic mass is 16.5. The standard InChI is InChI=1S/C25H25NO3/c1-2-24(28-19-18-26-27)20-29-25(21-12-6-3-7-13-21,22-14-8-4-9-15-22)23-16-10-5-11-17-23/h2-18,24,27H,1,19-20H2/b26-18+. The second-order valence-corrected chi connectivity index (χ2v) is 6.50. The van der Waals surface area contributed by atoms with E-state index in [2.05, 4.69) is 48.1 Å². The highest BCUT2D eigenvalue weighted by Crippen LogP contribution is 2.40. The van der Waals surface area contributed by atoms with E-state index in [0.29, 0.717) is 0 Å². The molecule has 0 spiro atoms. The predicted octanol–water partition coefficient (Wildman–Crippen LogP) is 5.03. The molecule has 0 aromatic heterocycles. The lowest BCUT2D eigenvalue weighted by Gasteiger charge is -2.36.